The maximum atomic E-state index is 5.01. The zero-order valence-corrected chi connectivity index (χ0v) is 8.08. The number of rotatable bonds is 5. The Bertz CT molecular complexity index is 70.0. The molecule has 2 nitrogen and oxygen atoms in total. The Kier molecular flexibility index (Phi) is 12.2. The van der Waals surface area contributed by atoms with Gasteiger partial charge in [-0.2, -0.15) is 0 Å². The van der Waals surface area contributed by atoms with Crippen molar-refractivity contribution in [3.05, 3.63) is 18.9 Å². The van der Waals surface area contributed by atoms with Crippen LogP contribution in [-0.4, -0.2) is 13.2 Å². The van der Waals surface area contributed by atoms with Crippen LogP contribution in [0.15, 0.2) is 12.7 Å². The van der Waals surface area contributed by atoms with E-state index >= 15 is 0 Å². The molecular formula is C7H13O2Ti. The van der Waals surface area contributed by atoms with E-state index in [1.54, 1.807) is 6.08 Å². The first kappa shape index (κ1) is 13.0. The van der Waals surface area contributed by atoms with Gasteiger partial charge in [0.15, 0.2) is 0 Å². The molecule has 0 aliphatic carbocycles. The van der Waals surface area contributed by atoms with Gasteiger partial charge in [0.05, 0.1) is 0 Å². The van der Waals surface area contributed by atoms with Crippen molar-refractivity contribution < 1.29 is 31.2 Å². The van der Waals surface area contributed by atoms with Gasteiger partial charge in [0, 0.05) is 34.9 Å². The van der Waals surface area contributed by atoms with Crippen LogP contribution < -0.4 is 0 Å². The minimum absolute atomic E-state index is 0. The quantitative estimate of drug-likeness (QED) is 0.595. The molecule has 1 radical (unpaired) electrons. The fourth-order valence-corrected chi connectivity index (χ4v) is 0.444. The van der Waals surface area contributed by atoms with Crippen LogP contribution >= 0.6 is 0 Å². The summed E-state index contributed by atoms with van der Waals surface area (Å²) in [6.07, 6.45) is 2.08. The van der Waals surface area contributed by atoms with Gasteiger partial charge in [-0.3, -0.25) is 0 Å². The van der Waals surface area contributed by atoms with Crippen molar-refractivity contribution in [3.8, 4) is 0 Å². The van der Waals surface area contributed by atoms with Crippen molar-refractivity contribution in [2.75, 3.05) is 13.2 Å². The van der Waals surface area contributed by atoms with E-state index in [2.05, 4.69) is 6.58 Å². The molecule has 0 saturated carbocycles. The summed E-state index contributed by atoms with van der Waals surface area (Å²) in [7, 11) is 0. The van der Waals surface area contributed by atoms with Crippen molar-refractivity contribution in [2.24, 2.45) is 0 Å². The van der Waals surface area contributed by atoms with Crippen LogP contribution in [0.4, 0.5) is 0 Å². The summed E-state index contributed by atoms with van der Waals surface area (Å²) >= 11 is 0. The van der Waals surface area contributed by atoms with Crippen molar-refractivity contribution in [1.82, 2.24) is 0 Å². The van der Waals surface area contributed by atoms with Crippen LogP contribution in [0.3, 0.4) is 0 Å². The third-order valence-corrected chi connectivity index (χ3v) is 0.740. The van der Waals surface area contributed by atoms with Crippen LogP contribution in [-0.2, 0) is 31.2 Å². The fourth-order valence-electron chi connectivity index (χ4n) is 0.444. The van der Waals surface area contributed by atoms with Gasteiger partial charge in [-0.25, -0.2) is 0 Å². The molecule has 0 N–H and O–H groups in total. The molecule has 0 bridgehead atoms. The van der Waals surface area contributed by atoms with Gasteiger partial charge in [0.2, 0.25) is 6.29 Å². The Morgan fingerprint density at radius 1 is 1.30 bits per heavy atom. The third kappa shape index (κ3) is 6.49. The zero-order valence-electron chi connectivity index (χ0n) is 6.52. The Hall–Kier alpha value is 0.374. The fraction of sp³-hybridized carbons (Fsp3) is 0.571. The first-order valence-corrected chi connectivity index (χ1v) is 3.10. The predicted octanol–water partition coefficient (Wildman–Crippen LogP) is 1.73. The summed E-state index contributed by atoms with van der Waals surface area (Å²) in [5.41, 5.74) is 0. The van der Waals surface area contributed by atoms with Gasteiger partial charge in [0.1, 0.15) is 0 Å². The van der Waals surface area contributed by atoms with E-state index in [0.717, 1.165) is 0 Å². The molecule has 0 aliphatic rings. The summed E-state index contributed by atoms with van der Waals surface area (Å²) in [5.74, 6) is 0. The molecule has 0 rings (SSSR count). The van der Waals surface area contributed by atoms with Gasteiger partial charge in [0.25, 0.3) is 0 Å². The SMILES string of the molecule is C=C[C](OCC)OCC.[Ti]. The van der Waals surface area contributed by atoms with Crippen LogP contribution in [0.1, 0.15) is 13.8 Å². The molecule has 0 unspecified atom stereocenters. The second-order valence-corrected chi connectivity index (χ2v) is 1.39. The van der Waals surface area contributed by atoms with Gasteiger partial charge in [-0.05, 0) is 19.9 Å². The first-order valence-electron chi connectivity index (χ1n) is 3.10. The first-order chi connectivity index (χ1) is 4.35. The van der Waals surface area contributed by atoms with E-state index in [0.29, 0.717) is 19.5 Å². The summed E-state index contributed by atoms with van der Waals surface area (Å²) in [4.78, 5) is 0. The van der Waals surface area contributed by atoms with E-state index in [1.165, 1.54) is 0 Å². The van der Waals surface area contributed by atoms with Crippen LogP contribution in [0.5, 0.6) is 0 Å². The largest absolute Gasteiger partial charge is 0.342 e. The molecular weight excluding hydrogens is 164 g/mol. The second-order valence-electron chi connectivity index (χ2n) is 1.39. The maximum Gasteiger partial charge on any atom is 0.247 e. The van der Waals surface area contributed by atoms with Gasteiger partial charge < -0.3 is 9.47 Å². The third-order valence-electron chi connectivity index (χ3n) is 0.740. The normalized spacial score (nSPS) is 9.10. The molecule has 57 valence electrons. The molecule has 3 heteroatoms. The molecule has 0 spiro atoms. The van der Waals surface area contributed by atoms with Crippen molar-refractivity contribution >= 4 is 0 Å². The topological polar surface area (TPSA) is 18.5 Å². The maximum absolute atomic E-state index is 5.01. The van der Waals surface area contributed by atoms with Crippen molar-refractivity contribution in [3.63, 3.8) is 0 Å². The molecule has 0 atom stereocenters. The molecule has 0 aliphatic heterocycles. The van der Waals surface area contributed by atoms with Gasteiger partial charge in [-0.15, -0.1) is 0 Å². The molecule has 0 amide bonds. The molecule has 0 heterocycles. The standard InChI is InChI=1S/C7H13O2.Ti/c1-4-7(8-5-2)9-6-3;/h4H,1,5-6H2,2-3H3;. The molecule has 0 aromatic carbocycles. The van der Waals surface area contributed by atoms with E-state index < -0.39 is 0 Å². The Morgan fingerprint density at radius 3 is 1.90 bits per heavy atom. The molecule has 0 aromatic heterocycles. The minimum Gasteiger partial charge on any atom is -0.342 e. The van der Waals surface area contributed by atoms with E-state index in [1.807, 2.05) is 13.8 Å². The molecule has 0 aromatic rings. The molecule has 0 fully saturated rings. The average Bonchev–Trinajstić information content (AvgIpc) is 1.88. The predicted molar refractivity (Wildman–Crippen MR) is 36.7 cm³/mol. The zero-order chi connectivity index (χ0) is 7.11. The number of hydrogen-bond donors (Lipinski definition) is 0. The summed E-state index contributed by atoms with van der Waals surface area (Å²) < 4.78 is 10.0. The summed E-state index contributed by atoms with van der Waals surface area (Å²) in [6, 6.07) is 0. The smallest absolute Gasteiger partial charge is 0.247 e. The van der Waals surface area contributed by atoms with Gasteiger partial charge in [-0.1, -0.05) is 6.58 Å². The summed E-state index contributed by atoms with van der Waals surface area (Å²) in [6.45, 7) is 8.57. The minimum atomic E-state index is 0. The monoisotopic (exact) mass is 177 g/mol. The van der Waals surface area contributed by atoms with Gasteiger partial charge >= 0.3 is 0 Å². The summed E-state index contributed by atoms with van der Waals surface area (Å²) in [5, 5.41) is 0. The van der Waals surface area contributed by atoms with E-state index in [-0.39, 0.29) is 21.7 Å². The van der Waals surface area contributed by atoms with Crippen LogP contribution in [0.2, 0.25) is 0 Å². The number of ether oxygens (including phenoxy) is 2. The average molecular weight is 177 g/mol. The van der Waals surface area contributed by atoms with E-state index in [9.17, 15) is 0 Å². The van der Waals surface area contributed by atoms with Crippen LogP contribution in [0, 0.1) is 6.29 Å². The number of hydrogen-bond acceptors (Lipinski definition) is 2. The Labute approximate surface area is 77.5 Å². The molecule has 10 heavy (non-hydrogen) atoms. The molecule has 0 saturated heterocycles. The Morgan fingerprint density at radius 2 is 1.70 bits per heavy atom. The second kappa shape index (κ2) is 9.37. The Balaban J connectivity index is 0. The van der Waals surface area contributed by atoms with E-state index in [4.69, 9.17) is 9.47 Å². The van der Waals surface area contributed by atoms with Crippen molar-refractivity contribution in [2.45, 2.75) is 13.8 Å². The van der Waals surface area contributed by atoms with Crippen molar-refractivity contribution in [1.29, 1.82) is 0 Å². The van der Waals surface area contributed by atoms with Crippen LogP contribution in [0.25, 0.3) is 0 Å².